The zero-order chi connectivity index (χ0) is 26.9. The van der Waals surface area contributed by atoms with Gasteiger partial charge in [-0.15, -0.1) is 0 Å². The standard InChI is InChI=1S/C27H38N6O4/c1-7-28-25(34)30-20-9-8-18(12-16(20)2)23-29-21-14-32(26(35)36)13-19(27(4,5)6)22(21)24(31-23)33-10-11-37-15-17(33)3/h8-9,12,17,19H,7,10-11,13-15H2,1-6H3,(H,35,36)(H2,28,30,34)/t17?,19-/m1/s1. The SMILES string of the molecule is CCNC(=O)Nc1ccc(-c2nc3c(c(N4CCOCC4C)n2)[C@H](C(C)(C)C)CN(C(=O)O)C3)cc1C. The molecule has 3 amide bonds. The lowest BCUT2D eigenvalue weighted by Gasteiger charge is -2.43. The Morgan fingerprint density at radius 2 is 2.00 bits per heavy atom. The quantitative estimate of drug-likeness (QED) is 0.556. The van der Waals surface area contributed by atoms with Crippen LogP contribution in [0, 0.1) is 12.3 Å². The number of hydrogen-bond donors (Lipinski definition) is 3. The minimum atomic E-state index is -0.946. The maximum atomic E-state index is 12.1. The number of morpholine rings is 1. The summed E-state index contributed by atoms with van der Waals surface area (Å²) in [5, 5.41) is 15.5. The summed E-state index contributed by atoms with van der Waals surface area (Å²) >= 11 is 0. The zero-order valence-electron chi connectivity index (χ0n) is 22.6. The van der Waals surface area contributed by atoms with Crippen molar-refractivity contribution in [3.8, 4) is 11.4 Å². The van der Waals surface area contributed by atoms with E-state index in [1.165, 1.54) is 4.90 Å². The molecule has 2 aliphatic heterocycles. The van der Waals surface area contributed by atoms with Gasteiger partial charge in [0.05, 0.1) is 31.5 Å². The van der Waals surface area contributed by atoms with Gasteiger partial charge in [-0.1, -0.05) is 20.8 Å². The second-order valence-electron chi connectivity index (χ2n) is 10.9. The van der Waals surface area contributed by atoms with Crippen LogP contribution in [0.1, 0.15) is 57.4 Å². The fraction of sp³-hybridized carbons (Fsp3) is 0.556. The van der Waals surface area contributed by atoms with Gasteiger partial charge in [0.15, 0.2) is 5.82 Å². The fourth-order valence-electron chi connectivity index (χ4n) is 5.05. The lowest BCUT2D eigenvalue weighted by Crippen LogP contribution is -2.47. The summed E-state index contributed by atoms with van der Waals surface area (Å²) in [4.78, 5) is 37.9. The number of urea groups is 1. The molecule has 1 saturated heterocycles. The number of carboxylic acid groups (broad SMARTS) is 1. The van der Waals surface area contributed by atoms with Gasteiger partial charge in [0, 0.05) is 42.4 Å². The molecular formula is C27H38N6O4. The summed E-state index contributed by atoms with van der Waals surface area (Å²) in [5.74, 6) is 1.35. The highest BCUT2D eigenvalue weighted by Crippen LogP contribution is 2.45. The van der Waals surface area contributed by atoms with E-state index in [1.807, 2.05) is 32.0 Å². The zero-order valence-corrected chi connectivity index (χ0v) is 22.6. The largest absolute Gasteiger partial charge is 0.465 e. The molecule has 3 N–H and O–H groups in total. The van der Waals surface area contributed by atoms with E-state index in [2.05, 4.69) is 43.2 Å². The first-order valence-electron chi connectivity index (χ1n) is 12.9. The molecule has 10 nitrogen and oxygen atoms in total. The third-order valence-corrected chi connectivity index (χ3v) is 7.12. The average Bonchev–Trinajstić information content (AvgIpc) is 2.83. The molecule has 2 atom stereocenters. The van der Waals surface area contributed by atoms with Gasteiger partial charge in [0.1, 0.15) is 5.82 Å². The highest BCUT2D eigenvalue weighted by molar-refractivity contribution is 5.90. The molecule has 3 heterocycles. The molecule has 0 saturated carbocycles. The summed E-state index contributed by atoms with van der Waals surface area (Å²) in [6.07, 6.45) is -0.946. The predicted octanol–water partition coefficient (Wildman–Crippen LogP) is 4.44. The van der Waals surface area contributed by atoms with Crippen LogP contribution in [0.5, 0.6) is 0 Å². The van der Waals surface area contributed by atoms with Crippen LogP contribution < -0.4 is 15.5 Å². The Labute approximate surface area is 218 Å². The highest BCUT2D eigenvalue weighted by atomic mass is 16.5. The molecule has 1 unspecified atom stereocenters. The Hall–Kier alpha value is -3.40. The maximum absolute atomic E-state index is 12.1. The van der Waals surface area contributed by atoms with Crippen molar-refractivity contribution in [3.63, 3.8) is 0 Å². The van der Waals surface area contributed by atoms with Crippen LogP contribution in [0.2, 0.25) is 0 Å². The van der Waals surface area contributed by atoms with Crippen LogP contribution in [0.3, 0.4) is 0 Å². The van der Waals surface area contributed by atoms with Crippen LogP contribution in [0.15, 0.2) is 18.2 Å². The Morgan fingerprint density at radius 1 is 1.24 bits per heavy atom. The predicted molar refractivity (Wildman–Crippen MR) is 143 cm³/mol. The number of nitrogens with one attached hydrogen (secondary N) is 2. The molecule has 1 fully saturated rings. The molecule has 2 aliphatic rings. The van der Waals surface area contributed by atoms with Gasteiger partial charge in [-0.25, -0.2) is 19.6 Å². The van der Waals surface area contributed by atoms with Gasteiger partial charge < -0.3 is 30.3 Å². The number of hydrogen-bond acceptors (Lipinski definition) is 6. The van der Waals surface area contributed by atoms with E-state index in [0.717, 1.165) is 28.2 Å². The van der Waals surface area contributed by atoms with Crippen molar-refractivity contribution >= 4 is 23.6 Å². The molecular weight excluding hydrogens is 472 g/mol. The van der Waals surface area contributed by atoms with E-state index in [9.17, 15) is 14.7 Å². The molecule has 37 heavy (non-hydrogen) atoms. The van der Waals surface area contributed by atoms with E-state index in [1.54, 1.807) is 0 Å². The Morgan fingerprint density at radius 3 is 2.62 bits per heavy atom. The number of carbonyl (C=O) groups excluding carboxylic acids is 1. The molecule has 0 bridgehead atoms. The van der Waals surface area contributed by atoms with Crippen molar-refractivity contribution < 1.29 is 19.4 Å². The number of amides is 3. The summed E-state index contributed by atoms with van der Waals surface area (Å²) in [6.45, 7) is 15.4. The van der Waals surface area contributed by atoms with Crippen molar-refractivity contribution in [1.82, 2.24) is 20.2 Å². The normalized spacial score (nSPS) is 19.8. The molecule has 0 aliphatic carbocycles. The molecule has 1 aromatic heterocycles. The topological polar surface area (TPSA) is 120 Å². The summed E-state index contributed by atoms with van der Waals surface area (Å²) in [5.41, 5.74) is 3.98. The number of nitrogens with zero attached hydrogens (tertiary/aromatic N) is 4. The van der Waals surface area contributed by atoms with Crippen LogP contribution in [-0.2, 0) is 11.3 Å². The molecule has 10 heteroatoms. The number of aromatic nitrogens is 2. The van der Waals surface area contributed by atoms with Crippen molar-refractivity contribution in [1.29, 1.82) is 0 Å². The van der Waals surface area contributed by atoms with Gasteiger partial charge >= 0.3 is 12.1 Å². The van der Waals surface area contributed by atoms with Crippen LogP contribution >= 0.6 is 0 Å². The highest BCUT2D eigenvalue weighted by Gasteiger charge is 2.40. The molecule has 200 valence electrons. The first-order valence-corrected chi connectivity index (χ1v) is 12.9. The van der Waals surface area contributed by atoms with Gasteiger partial charge in [-0.05, 0) is 49.9 Å². The fourth-order valence-corrected chi connectivity index (χ4v) is 5.05. The second kappa shape index (κ2) is 10.5. The van der Waals surface area contributed by atoms with Gasteiger partial charge in [0.25, 0.3) is 0 Å². The van der Waals surface area contributed by atoms with E-state index in [0.29, 0.717) is 44.4 Å². The van der Waals surface area contributed by atoms with Crippen molar-refractivity contribution in [2.75, 3.05) is 43.1 Å². The van der Waals surface area contributed by atoms with Gasteiger partial charge in [-0.3, -0.25) is 0 Å². The third kappa shape index (κ3) is 5.64. The Bertz CT molecular complexity index is 1180. The van der Waals surface area contributed by atoms with Crippen LogP contribution in [0.25, 0.3) is 11.4 Å². The first-order chi connectivity index (χ1) is 17.5. The van der Waals surface area contributed by atoms with Crippen LogP contribution in [0.4, 0.5) is 21.1 Å². The average molecular weight is 511 g/mol. The number of ether oxygens (including phenoxy) is 1. The van der Waals surface area contributed by atoms with E-state index < -0.39 is 6.09 Å². The number of benzene rings is 1. The lowest BCUT2D eigenvalue weighted by atomic mass is 9.74. The van der Waals surface area contributed by atoms with Crippen molar-refractivity contribution in [3.05, 3.63) is 35.0 Å². The van der Waals surface area contributed by atoms with Crippen molar-refractivity contribution in [2.45, 2.75) is 60.0 Å². The van der Waals surface area contributed by atoms with E-state index in [4.69, 9.17) is 14.7 Å². The number of anilines is 2. The third-order valence-electron chi connectivity index (χ3n) is 7.12. The summed E-state index contributed by atoms with van der Waals surface area (Å²) in [6, 6.07) is 5.57. The molecule has 4 rings (SSSR count). The number of fused-ring (bicyclic) bond motifs is 1. The monoisotopic (exact) mass is 510 g/mol. The van der Waals surface area contributed by atoms with E-state index in [-0.39, 0.29) is 30.0 Å². The summed E-state index contributed by atoms with van der Waals surface area (Å²) < 4.78 is 5.70. The smallest absolute Gasteiger partial charge is 0.407 e. The van der Waals surface area contributed by atoms with Crippen LogP contribution in [-0.4, -0.2) is 71.0 Å². The summed E-state index contributed by atoms with van der Waals surface area (Å²) in [7, 11) is 0. The molecule has 2 aromatic rings. The Kier molecular flexibility index (Phi) is 7.59. The molecule has 0 spiro atoms. The minimum Gasteiger partial charge on any atom is -0.465 e. The van der Waals surface area contributed by atoms with Crippen molar-refractivity contribution in [2.24, 2.45) is 5.41 Å². The lowest BCUT2D eigenvalue weighted by molar-refractivity contribution is 0.0976. The number of rotatable bonds is 4. The second-order valence-corrected chi connectivity index (χ2v) is 10.9. The minimum absolute atomic E-state index is 0.0585. The van der Waals surface area contributed by atoms with Gasteiger partial charge in [-0.2, -0.15) is 0 Å². The number of aryl methyl sites for hydroxylation is 1. The molecule has 0 radical (unpaired) electrons. The number of carbonyl (C=O) groups is 2. The maximum Gasteiger partial charge on any atom is 0.407 e. The first kappa shape index (κ1) is 26.7. The Balaban J connectivity index is 1.84. The van der Waals surface area contributed by atoms with Gasteiger partial charge in [0.2, 0.25) is 0 Å². The van der Waals surface area contributed by atoms with E-state index >= 15 is 0 Å². The molecule has 1 aromatic carbocycles.